The number of benzene rings is 6. The van der Waals surface area contributed by atoms with E-state index < -0.39 is 0 Å². The van der Waals surface area contributed by atoms with Crippen LogP contribution in [0, 0.1) is 13.1 Å². The van der Waals surface area contributed by atoms with Gasteiger partial charge in [0.1, 0.15) is 0 Å². The van der Waals surface area contributed by atoms with Crippen LogP contribution in [0.1, 0.15) is 52.7 Å². The van der Waals surface area contributed by atoms with Crippen LogP contribution in [0.3, 0.4) is 0 Å². The number of rotatable bonds is 3. The zero-order valence-corrected chi connectivity index (χ0v) is 29.3. The van der Waals surface area contributed by atoms with E-state index in [1.807, 2.05) is 18.2 Å². The highest BCUT2D eigenvalue weighted by Crippen LogP contribution is 2.46. The minimum Gasteiger partial charge on any atom is -0.309 e. The van der Waals surface area contributed by atoms with Gasteiger partial charge in [0, 0.05) is 32.8 Å². The van der Waals surface area contributed by atoms with E-state index in [0.29, 0.717) is 11.4 Å². The molecule has 8 rings (SSSR count). The molecule has 0 spiro atoms. The van der Waals surface area contributed by atoms with Gasteiger partial charge < -0.3 is 9.13 Å². The Kier molecular flexibility index (Phi) is 7.00. The quantitative estimate of drug-likeness (QED) is 0.170. The van der Waals surface area contributed by atoms with Crippen molar-refractivity contribution in [1.29, 1.82) is 0 Å². The van der Waals surface area contributed by atoms with E-state index in [-0.39, 0.29) is 10.8 Å². The number of aromatic nitrogens is 2. The largest absolute Gasteiger partial charge is 0.309 e. The van der Waals surface area contributed by atoms with Crippen LogP contribution in [0.4, 0.5) is 11.4 Å². The van der Waals surface area contributed by atoms with Crippen LogP contribution in [0.25, 0.3) is 75.8 Å². The maximum atomic E-state index is 7.95. The second-order valence-electron chi connectivity index (χ2n) is 15.3. The maximum absolute atomic E-state index is 7.95. The third-order valence-corrected chi connectivity index (χ3v) is 10.0. The summed E-state index contributed by atoms with van der Waals surface area (Å²) in [7, 11) is 0. The number of hydrogen-bond donors (Lipinski definition) is 0. The molecule has 4 nitrogen and oxygen atoms in total. The highest BCUT2D eigenvalue weighted by Gasteiger charge is 2.25. The number of nitrogens with zero attached hydrogens (tertiary/aromatic N) is 4. The standard InChI is InChI=1S/C46H38N4/c1-45(2,3)30-18-20-39-36(26-30)37-27-31(46(4,5)6)19-21-40(37)50(39)41-22-23-42-44(43(41)29-24-32(47-7)28-33(25-29)48-8)35-16-12-13-17-38(35)49(42)34-14-10-9-11-15-34/h9-28H,1-6H3. The van der Waals surface area contributed by atoms with Crippen LogP contribution in [-0.2, 0) is 10.8 Å². The Morgan fingerprint density at radius 3 is 1.56 bits per heavy atom. The smallest absolute Gasteiger partial charge is 0.177 e. The summed E-state index contributed by atoms with van der Waals surface area (Å²) in [5.41, 5.74) is 11.8. The van der Waals surface area contributed by atoms with E-state index in [1.54, 1.807) is 6.07 Å². The Bertz CT molecular complexity index is 2630. The average molecular weight is 647 g/mol. The van der Waals surface area contributed by atoms with Crippen molar-refractivity contribution in [3.05, 3.63) is 155 Å². The number of fused-ring (bicyclic) bond motifs is 6. The molecule has 242 valence electrons. The first-order chi connectivity index (χ1) is 24.0. The molecular formula is C46H38N4. The lowest BCUT2D eigenvalue weighted by Gasteiger charge is -2.20. The van der Waals surface area contributed by atoms with Crippen LogP contribution in [0.5, 0.6) is 0 Å². The van der Waals surface area contributed by atoms with E-state index in [2.05, 4.69) is 157 Å². The Labute approximate surface area is 293 Å². The summed E-state index contributed by atoms with van der Waals surface area (Å²) in [5, 5.41) is 4.64. The van der Waals surface area contributed by atoms with Crippen LogP contribution in [0.15, 0.2) is 121 Å². The lowest BCUT2D eigenvalue weighted by Crippen LogP contribution is -2.10. The predicted molar refractivity (Wildman–Crippen MR) is 210 cm³/mol. The van der Waals surface area contributed by atoms with Crippen molar-refractivity contribution < 1.29 is 0 Å². The van der Waals surface area contributed by atoms with Gasteiger partial charge in [-0.3, -0.25) is 0 Å². The predicted octanol–water partition coefficient (Wildman–Crippen LogP) is 13.2. The van der Waals surface area contributed by atoms with E-state index >= 15 is 0 Å². The summed E-state index contributed by atoms with van der Waals surface area (Å²) in [6.45, 7) is 29.5. The first kappa shape index (κ1) is 31.2. The fourth-order valence-electron chi connectivity index (χ4n) is 7.47. The molecule has 4 heteroatoms. The van der Waals surface area contributed by atoms with Crippen molar-refractivity contribution >= 4 is 55.0 Å². The van der Waals surface area contributed by atoms with Gasteiger partial charge >= 0.3 is 0 Å². The van der Waals surface area contributed by atoms with Gasteiger partial charge in [0.15, 0.2) is 11.4 Å². The summed E-state index contributed by atoms with van der Waals surface area (Å²) in [6.07, 6.45) is 0. The van der Waals surface area contributed by atoms with Crippen LogP contribution >= 0.6 is 0 Å². The second-order valence-corrected chi connectivity index (χ2v) is 15.3. The van der Waals surface area contributed by atoms with Crippen molar-refractivity contribution in [3.63, 3.8) is 0 Å². The molecule has 0 saturated heterocycles. The molecule has 0 radical (unpaired) electrons. The first-order valence-electron chi connectivity index (χ1n) is 17.1. The minimum atomic E-state index is -0.00997. The van der Waals surface area contributed by atoms with Crippen molar-refractivity contribution in [1.82, 2.24) is 9.13 Å². The van der Waals surface area contributed by atoms with Crippen molar-refractivity contribution in [2.24, 2.45) is 0 Å². The Hall–Kier alpha value is -6.10. The zero-order valence-electron chi connectivity index (χ0n) is 29.3. The average Bonchev–Trinajstić information content (AvgIpc) is 3.62. The summed E-state index contributed by atoms with van der Waals surface area (Å²) >= 11 is 0. The third-order valence-electron chi connectivity index (χ3n) is 10.0. The fraction of sp³-hybridized carbons (Fsp3) is 0.174. The van der Waals surface area contributed by atoms with Gasteiger partial charge in [-0.2, -0.15) is 0 Å². The maximum Gasteiger partial charge on any atom is 0.177 e. The topological polar surface area (TPSA) is 18.6 Å². The van der Waals surface area contributed by atoms with E-state index in [4.69, 9.17) is 13.1 Å². The number of para-hydroxylation sites is 2. The lowest BCUT2D eigenvalue weighted by molar-refractivity contribution is 0.590. The Morgan fingerprint density at radius 1 is 0.480 bits per heavy atom. The molecule has 0 aliphatic rings. The van der Waals surface area contributed by atoms with Gasteiger partial charge in [-0.15, -0.1) is 0 Å². The number of hydrogen-bond acceptors (Lipinski definition) is 0. The van der Waals surface area contributed by atoms with Gasteiger partial charge in [-0.05, 0) is 82.1 Å². The molecule has 2 aromatic heterocycles. The third kappa shape index (κ3) is 4.88. The fourth-order valence-corrected chi connectivity index (χ4v) is 7.47. The molecule has 0 unspecified atom stereocenters. The molecule has 0 amide bonds. The molecule has 2 heterocycles. The first-order valence-corrected chi connectivity index (χ1v) is 17.1. The summed E-state index contributed by atoms with van der Waals surface area (Å²) in [5.74, 6) is 0. The molecule has 0 atom stereocenters. The SMILES string of the molecule is [C-]#[N+]c1cc([N+]#[C-])cc(-c2c(-n3c4ccc(C(C)(C)C)cc4c4cc(C(C)(C)C)ccc43)ccc3c2c2ccccc2n3-c2ccccc2)c1. The van der Waals surface area contributed by atoms with Gasteiger partial charge in [0.25, 0.3) is 0 Å². The summed E-state index contributed by atoms with van der Waals surface area (Å²) in [6, 6.07) is 42.9. The molecule has 0 saturated carbocycles. The van der Waals surface area contributed by atoms with Gasteiger partial charge in [0.2, 0.25) is 0 Å². The highest BCUT2D eigenvalue weighted by atomic mass is 15.0. The lowest BCUT2D eigenvalue weighted by atomic mass is 9.85. The molecule has 0 aliphatic carbocycles. The van der Waals surface area contributed by atoms with E-state index in [1.165, 1.54) is 21.9 Å². The molecule has 0 aliphatic heterocycles. The molecule has 6 aromatic carbocycles. The zero-order chi connectivity index (χ0) is 34.9. The molecule has 0 fully saturated rings. The molecular weight excluding hydrogens is 609 g/mol. The normalized spacial score (nSPS) is 12.2. The minimum absolute atomic E-state index is 0.00997. The van der Waals surface area contributed by atoms with E-state index in [9.17, 15) is 0 Å². The van der Waals surface area contributed by atoms with Crippen LogP contribution < -0.4 is 0 Å². The Morgan fingerprint density at radius 2 is 1.00 bits per heavy atom. The Balaban J connectivity index is 1.59. The molecule has 0 bridgehead atoms. The summed E-state index contributed by atoms with van der Waals surface area (Å²) < 4.78 is 4.72. The van der Waals surface area contributed by atoms with Gasteiger partial charge in [-0.25, -0.2) is 9.69 Å². The van der Waals surface area contributed by atoms with Gasteiger partial charge in [0.05, 0.1) is 40.9 Å². The van der Waals surface area contributed by atoms with Crippen molar-refractivity contribution in [3.8, 4) is 22.5 Å². The molecule has 8 aromatic rings. The highest BCUT2D eigenvalue weighted by molar-refractivity contribution is 6.19. The summed E-state index contributed by atoms with van der Waals surface area (Å²) in [4.78, 5) is 7.63. The second kappa shape index (κ2) is 11.2. The van der Waals surface area contributed by atoms with Crippen LogP contribution in [-0.4, -0.2) is 9.13 Å². The monoisotopic (exact) mass is 646 g/mol. The van der Waals surface area contributed by atoms with E-state index in [0.717, 1.165) is 55.3 Å². The molecule has 0 N–H and O–H groups in total. The van der Waals surface area contributed by atoms with Crippen molar-refractivity contribution in [2.45, 2.75) is 52.4 Å². The van der Waals surface area contributed by atoms with Gasteiger partial charge in [-0.1, -0.05) is 108 Å². The van der Waals surface area contributed by atoms with Crippen molar-refractivity contribution in [2.75, 3.05) is 0 Å². The van der Waals surface area contributed by atoms with Crippen LogP contribution in [0.2, 0.25) is 0 Å². The molecule has 50 heavy (non-hydrogen) atoms.